The van der Waals surface area contributed by atoms with Crippen LogP contribution in [0, 0.1) is 6.92 Å². The van der Waals surface area contributed by atoms with Crippen LogP contribution in [0.5, 0.6) is 0 Å². The number of benzene rings is 1. The van der Waals surface area contributed by atoms with Crippen LogP contribution in [0.15, 0.2) is 24.3 Å². The summed E-state index contributed by atoms with van der Waals surface area (Å²) in [7, 11) is 0. The van der Waals surface area contributed by atoms with Gasteiger partial charge in [0.2, 0.25) is 0 Å². The molecule has 0 atom stereocenters. The molecule has 1 aromatic carbocycles. The third-order valence-corrected chi connectivity index (χ3v) is 3.81. The van der Waals surface area contributed by atoms with E-state index in [0.717, 1.165) is 18.3 Å². The van der Waals surface area contributed by atoms with Crippen LogP contribution in [0.4, 0.5) is 0 Å². The standard InChI is InChI=1S/C13H15N3S/c1-9-4-2-3-5-11(9)13-12(17-16-15-13)8-14-10-6-7-10/h2-5,10,14H,6-8H2,1H3. The SMILES string of the molecule is Cc1ccccc1-c1nnsc1CNC1CC1. The van der Waals surface area contributed by atoms with E-state index in [1.165, 1.54) is 40.4 Å². The average Bonchev–Trinajstić information content (AvgIpc) is 3.06. The van der Waals surface area contributed by atoms with Crippen molar-refractivity contribution in [2.75, 3.05) is 0 Å². The van der Waals surface area contributed by atoms with Crippen molar-refractivity contribution >= 4 is 11.5 Å². The van der Waals surface area contributed by atoms with Crippen molar-refractivity contribution in [1.29, 1.82) is 0 Å². The first-order chi connectivity index (χ1) is 8.34. The molecule has 17 heavy (non-hydrogen) atoms. The van der Waals surface area contributed by atoms with Crippen molar-refractivity contribution in [3.8, 4) is 11.3 Å². The molecule has 0 unspecified atom stereocenters. The molecule has 2 aromatic rings. The van der Waals surface area contributed by atoms with Gasteiger partial charge in [0, 0.05) is 18.2 Å². The molecule has 4 heteroatoms. The first-order valence-corrected chi connectivity index (χ1v) is 6.72. The molecule has 1 aliphatic carbocycles. The molecule has 1 heterocycles. The first-order valence-electron chi connectivity index (χ1n) is 5.95. The van der Waals surface area contributed by atoms with Gasteiger partial charge in [0.05, 0.1) is 4.88 Å². The van der Waals surface area contributed by atoms with Crippen molar-refractivity contribution in [3.63, 3.8) is 0 Å². The molecule has 1 aliphatic rings. The van der Waals surface area contributed by atoms with E-state index in [2.05, 4.69) is 46.1 Å². The third kappa shape index (κ3) is 2.37. The Bertz CT molecular complexity index is 517. The number of hydrogen-bond acceptors (Lipinski definition) is 4. The maximum atomic E-state index is 4.27. The van der Waals surface area contributed by atoms with Crippen molar-refractivity contribution in [2.45, 2.75) is 32.4 Å². The topological polar surface area (TPSA) is 37.8 Å². The smallest absolute Gasteiger partial charge is 0.110 e. The summed E-state index contributed by atoms with van der Waals surface area (Å²) in [6.45, 7) is 3.01. The molecule has 1 aromatic heterocycles. The molecular formula is C13H15N3S. The minimum Gasteiger partial charge on any atom is -0.309 e. The number of nitrogens with one attached hydrogen (secondary N) is 1. The monoisotopic (exact) mass is 245 g/mol. The fraction of sp³-hybridized carbons (Fsp3) is 0.385. The summed E-state index contributed by atoms with van der Waals surface area (Å²) in [6, 6.07) is 9.07. The van der Waals surface area contributed by atoms with E-state index < -0.39 is 0 Å². The molecule has 0 aliphatic heterocycles. The molecule has 1 N–H and O–H groups in total. The van der Waals surface area contributed by atoms with Crippen LogP contribution in [-0.2, 0) is 6.54 Å². The van der Waals surface area contributed by atoms with Crippen LogP contribution < -0.4 is 5.32 Å². The van der Waals surface area contributed by atoms with E-state index in [4.69, 9.17) is 0 Å². The van der Waals surface area contributed by atoms with E-state index in [-0.39, 0.29) is 0 Å². The molecule has 1 saturated carbocycles. The molecule has 0 amide bonds. The van der Waals surface area contributed by atoms with Crippen molar-refractivity contribution in [3.05, 3.63) is 34.7 Å². The molecule has 0 saturated heterocycles. The van der Waals surface area contributed by atoms with Gasteiger partial charge >= 0.3 is 0 Å². The summed E-state index contributed by atoms with van der Waals surface area (Å²) in [5, 5.41) is 7.79. The van der Waals surface area contributed by atoms with Gasteiger partial charge in [-0.1, -0.05) is 28.8 Å². The zero-order valence-electron chi connectivity index (χ0n) is 9.81. The molecule has 88 valence electrons. The van der Waals surface area contributed by atoms with Gasteiger partial charge in [-0.15, -0.1) is 5.10 Å². The lowest BCUT2D eigenvalue weighted by atomic mass is 10.1. The van der Waals surface area contributed by atoms with E-state index in [1.54, 1.807) is 0 Å². The van der Waals surface area contributed by atoms with Gasteiger partial charge < -0.3 is 5.32 Å². The highest BCUT2D eigenvalue weighted by molar-refractivity contribution is 7.05. The highest BCUT2D eigenvalue weighted by Crippen LogP contribution is 2.27. The molecule has 0 bridgehead atoms. The second kappa shape index (κ2) is 4.55. The predicted molar refractivity (Wildman–Crippen MR) is 69.9 cm³/mol. The van der Waals surface area contributed by atoms with Gasteiger partial charge in [-0.3, -0.25) is 0 Å². The summed E-state index contributed by atoms with van der Waals surface area (Å²) in [6.07, 6.45) is 2.62. The Hall–Kier alpha value is -1.26. The van der Waals surface area contributed by atoms with Gasteiger partial charge in [-0.05, 0) is 36.9 Å². The van der Waals surface area contributed by atoms with E-state index in [0.29, 0.717) is 0 Å². The second-order valence-corrected chi connectivity index (χ2v) is 5.35. The first kappa shape index (κ1) is 10.9. The Morgan fingerprint density at radius 3 is 2.94 bits per heavy atom. The number of aryl methyl sites for hydroxylation is 1. The summed E-state index contributed by atoms with van der Waals surface area (Å²) >= 11 is 1.50. The van der Waals surface area contributed by atoms with E-state index >= 15 is 0 Å². The number of aromatic nitrogens is 2. The highest BCUT2D eigenvalue weighted by Gasteiger charge is 2.21. The Balaban J connectivity index is 1.86. The Labute approximate surface area is 105 Å². The highest BCUT2D eigenvalue weighted by atomic mass is 32.1. The number of rotatable bonds is 4. The second-order valence-electron chi connectivity index (χ2n) is 4.51. The average molecular weight is 245 g/mol. The van der Waals surface area contributed by atoms with Crippen LogP contribution in [0.2, 0.25) is 0 Å². The van der Waals surface area contributed by atoms with Crippen molar-refractivity contribution in [1.82, 2.24) is 14.9 Å². The maximum Gasteiger partial charge on any atom is 0.110 e. The Morgan fingerprint density at radius 1 is 1.35 bits per heavy atom. The minimum atomic E-state index is 0.724. The largest absolute Gasteiger partial charge is 0.309 e. The quantitative estimate of drug-likeness (QED) is 0.900. The maximum absolute atomic E-state index is 4.27. The number of hydrogen-bond donors (Lipinski definition) is 1. The van der Waals surface area contributed by atoms with Gasteiger partial charge in [0.25, 0.3) is 0 Å². The molecule has 3 nitrogen and oxygen atoms in total. The van der Waals surface area contributed by atoms with Gasteiger partial charge in [0.1, 0.15) is 5.69 Å². The Morgan fingerprint density at radius 2 is 2.18 bits per heavy atom. The zero-order valence-corrected chi connectivity index (χ0v) is 10.6. The third-order valence-electron chi connectivity index (χ3n) is 3.08. The molecule has 1 fully saturated rings. The van der Waals surface area contributed by atoms with Crippen molar-refractivity contribution < 1.29 is 0 Å². The zero-order chi connectivity index (χ0) is 11.7. The molecule has 0 radical (unpaired) electrons. The van der Waals surface area contributed by atoms with Crippen LogP contribution >= 0.6 is 11.5 Å². The summed E-state index contributed by atoms with van der Waals surface area (Å²) in [4.78, 5) is 1.24. The summed E-state index contributed by atoms with van der Waals surface area (Å²) in [5.41, 5.74) is 3.50. The van der Waals surface area contributed by atoms with Crippen LogP contribution in [-0.4, -0.2) is 15.6 Å². The minimum absolute atomic E-state index is 0.724. The fourth-order valence-electron chi connectivity index (χ4n) is 1.89. The van der Waals surface area contributed by atoms with Crippen molar-refractivity contribution in [2.24, 2.45) is 0 Å². The summed E-state index contributed by atoms with van der Waals surface area (Å²) < 4.78 is 4.09. The molecular weight excluding hydrogens is 230 g/mol. The molecule has 3 rings (SSSR count). The van der Waals surface area contributed by atoms with Gasteiger partial charge in [0.15, 0.2) is 0 Å². The van der Waals surface area contributed by atoms with Crippen LogP contribution in [0.3, 0.4) is 0 Å². The van der Waals surface area contributed by atoms with E-state index in [9.17, 15) is 0 Å². The molecule has 0 spiro atoms. The van der Waals surface area contributed by atoms with Gasteiger partial charge in [-0.2, -0.15) is 0 Å². The predicted octanol–water partition coefficient (Wildman–Crippen LogP) is 2.77. The van der Waals surface area contributed by atoms with Gasteiger partial charge in [-0.25, -0.2) is 0 Å². The summed E-state index contributed by atoms with van der Waals surface area (Å²) in [5.74, 6) is 0. The number of nitrogens with zero attached hydrogens (tertiary/aromatic N) is 2. The Kier molecular flexibility index (Phi) is 2.91. The lowest BCUT2D eigenvalue weighted by Crippen LogP contribution is -2.14. The normalized spacial score (nSPS) is 15.1. The lowest BCUT2D eigenvalue weighted by molar-refractivity contribution is 0.695. The lowest BCUT2D eigenvalue weighted by Gasteiger charge is -2.05. The van der Waals surface area contributed by atoms with Crippen LogP contribution in [0.1, 0.15) is 23.3 Å². The fourth-order valence-corrected chi connectivity index (χ4v) is 2.50. The van der Waals surface area contributed by atoms with E-state index in [1.807, 2.05) is 0 Å². The van der Waals surface area contributed by atoms with Crippen LogP contribution in [0.25, 0.3) is 11.3 Å².